The minimum Gasteiger partial charge on any atom is -0.497 e. The van der Waals surface area contributed by atoms with Gasteiger partial charge < -0.3 is 19.3 Å². The van der Waals surface area contributed by atoms with Crippen molar-refractivity contribution in [2.45, 2.75) is 13.5 Å². The fraction of sp³-hybridized carbons (Fsp3) is 0.143. The Morgan fingerprint density at radius 2 is 1.87 bits per heavy atom. The Kier molecular flexibility index (Phi) is 5.71. The number of aromatic nitrogens is 3. The van der Waals surface area contributed by atoms with Gasteiger partial charge in [0.15, 0.2) is 11.0 Å². The van der Waals surface area contributed by atoms with Gasteiger partial charge in [0.2, 0.25) is 0 Å². The van der Waals surface area contributed by atoms with Crippen LogP contribution in [0.4, 0.5) is 10.8 Å². The van der Waals surface area contributed by atoms with Gasteiger partial charge in [0.05, 0.1) is 18.4 Å². The number of esters is 1. The number of carbonyl (C=O) groups excluding carboxylic acids is 1. The number of methoxy groups -OCH3 is 1. The van der Waals surface area contributed by atoms with Crippen molar-refractivity contribution in [1.29, 1.82) is 0 Å². The monoisotopic (exact) mass is 422 g/mol. The molecule has 0 aliphatic rings. The molecule has 0 spiro atoms. The molecule has 0 radical (unpaired) electrons. The second-order valence-electron chi connectivity index (χ2n) is 6.30. The van der Waals surface area contributed by atoms with E-state index < -0.39 is 5.97 Å². The zero-order valence-electron chi connectivity index (χ0n) is 16.3. The smallest absolute Gasteiger partial charge is 0.338 e. The summed E-state index contributed by atoms with van der Waals surface area (Å²) in [4.78, 5) is 20.9. The third kappa shape index (κ3) is 4.64. The van der Waals surface area contributed by atoms with Crippen LogP contribution in [0.2, 0.25) is 0 Å². The fourth-order valence-corrected chi connectivity index (χ4v) is 3.33. The summed E-state index contributed by atoms with van der Waals surface area (Å²) in [5, 5.41) is 9.53. The molecule has 0 atom stereocenters. The molecule has 0 aliphatic heterocycles. The largest absolute Gasteiger partial charge is 0.497 e. The predicted octanol–water partition coefficient (Wildman–Crippen LogP) is 4.61. The summed E-state index contributed by atoms with van der Waals surface area (Å²) < 4.78 is 15.6. The highest BCUT2D eigenvalue weighted by Gasteiger charge is 2.12. The SMILES string of the molecule is COc1ccc(Nc2nc(COC(=O)c3ccc(-c4nc(C)no4)cc3)cs2)cc1. The van der Waals surface area contributed by atoms with E-state index in [-0.39, 0.29) is 6.61 Å². The maximum atomic E-state index is 12.3. The Bertz CT molecular complexity index is 1140. The van der Waals surface area contributed by atoms with Crippen LogP contribution in [-0.4, -0.2) is 28.2 Å². The van der Waals surface area contributed by atoms with Gasteiger partial charge in [0.1, 0.15) is 12.4 Å². The van der Waals surface area contributed by atoms with Gasteiger partial charge in [-0.25, -0.2) is 9.78 Å². The Morgan fingerprint density at radius 1 is 1.10 bits per heavy atom. The predicted molar refractivity (Wildman–Crippen MR) is 112 cm³/mol. The minimum atomic E-state index is -0.430. The minimum absolute atomic E-state index is 0.0875. The van der Waals surface area contributed by atoms with E-state index in [1.165, 1.54) is 11.3 Å². The van der Waals surface area contributed by atoms with E-state index in [0.29, 0.717) is 28.1 Å². The number of anilines is 2. The molecule has 8 nitrogen and oxygen atoms in total. The lowest BCUT2D eigenvalue weighted by atomic mass is 10.1. The van der Waals surface area contributed by atoms with Crippen LogP contribution < -0.4 is 10.1 Å². The first-order valence-electron chi connectivity index (χ1n) is 9.04. The Hall–Kier alpha value is -3.72. The first kappa shape index (κ1) is 19.6. The molecule has 30 heavy (non-hydrogen) atoms. The van der Waals surface area contributed by atoms with Gasteiger partial charge in [-0.3, -0.25) is 0 Å². The fourth-order valence-electron chi connectivity index (χ4n) is 2.61. The first-order valence-corrected chi connectivity index (χ1v) is 9.92. The van der Waals surface area contributed by atoms with Crippen LogP contribution in [-0.2, 0) is 11.3 Å². The van der Waals surface area contributed by atoms with Crippen molar-refractivity contribution in [3.05, 3.63) is 71.0 Å². The second-order valence-corrected chi connectivity index (χ2v) is 7.16. The van der Waals surface area contributed by atoms with Crippen molar-refractivity contribution in [3.63, 3.8) is 0 Å². The van der Waals surface area contributed by atoms with Gasteiger partial charge in [0.25, 0.3) is 5.89 Å². The second kappa shape index (κ2) is 8.75. The molecule has 0 bridgehead atoms. The van der Waals surface area contributed by atoms with Crippen LogP contribution in [0.5, 0.6) is 5.75 Å². The van der Waals surface area contributed by atoms with Crippen molar-refractivity contribution < 1.29 is 18.8 Å². The maximum absolute atomic E-state index is 12.3. The van der Waals surface area contributed by atoms with Crippen LogP contribution in [0, 0.1) is 6.92 Å². The molecule has 4 aromatic rings. The van der Waals surface area contributed by atoms with E-state index in [2.05, 4.69) is 20.4 Å². The zero-order valence-corrected chi connectivity index (χ0v) is 17.1. The van der Waals surface area contributed by atoms with E-state index in [9.17, 15) is 4.79 Å². The normalized spacial score (nSPS) is 10.6. The number of nitrogens with one attached hydrogen (secondary N) is 1. The highest BCUT2D eigenvalue weighted by molar-refractivity contribution is 7.13. The maximum Gasteiger partial charge on any atom is 0.338 e. The highest BCUT2D eigenvalue weighted by Crippen LogP contribution is 2.23. The highest BCUT2D eigenvalue weighted by atomic mass is 32.1. The molecule has 0 fully saturated rings. The molecule has 0 unspecified atom stereocenters. The lowest BCUT2D eigenvalue weighted by Gasteiger charge is -2.04. The van der Waals surface area contributed by atoms with Crippen LogP contribution in [0.25, 0.3) is 11.5 Å². The molecular formula is C21H18N4O4S. The van der Waals surface area contributed by atoms with Crippen molar-refractivity contribution in [2.75, 3.05) is 12.4 Å². The lowest BCUT2D eigenvalue weighted by molar-refractivity contribution is 0.0468. The molecule has 152 valence electrons. The zero-order chi connectivity index (χ0) is 20.9. The van der Waals surface area contributed by atoms with Gasteiger partial charge in [-0.15, -0.1) is 11.3 Å². The molecule has 1 N–H and O–H groups in total. The van der Waals surface area contributed by atoms with Crippen molar-refractivity contribution in [1.82, 2.24) is 15.1 Å². The molecule has 2 heterocycles. The summed E-state index contributed by atoms with van der Waals surface area (Å²) in [5.74, 6) is 1.32. The third-order valence-corrected chi connectivity index (χ3v) is 4.95. The van der Waals surface area contributed by atoms with Gasteiger partial charge in [0, 0.05) is 16.6 Å². The van der Waals surface area contributed by atoms with E-state index in [0.717, 1.165) is 17.0 Å². The Balaban J connectivity index is 1.32. The molecule has 0 saturated carbocycles. The average molecular weight is 422 g/mol. The topological polar surface area (TPSA) is 99.4 Å². The number of ether oxygens (including phenoxy) is 2. The van der Waals surface area contributed by atoms with Crippen LogP contribution in [0.15, 0.2) is 58.4 Å². The lowest BCUT2D eigenvalue weighted by Crippen LogP contribution is -2.05. The number of carbonyl (C=O) groups is 1. The first-order chi connectivity index (χ1) is 14.6. The molecule has 0 aliphatic carbocycles. The van der Waals surface area contributed by atoms with Crippen LogP contribution >= 0.6 is 11.3 Å². The number of hydrogen-bond donors (Lipinski definition) is 1. The van der Waals surface area contributed by atoms with E-state index in [1.807, 2.05) is 29.6 Å². The van der Waals surface area contributed by atoms with Crippen molar-refractivity contribution in [3.8, 4) is 17.2 Å². The average Bonchev–Trinajstić information content (AvgIpc) is 3.41. The van der Waals surface area contributed by atoms with Gasteiger partial charge >= 0.3 is 5.97 Å². The van der Waals surface area contributed by atoms with E-state index in [1.54, 1.807) is 38.3 Å². The molecule has 9 heteroatoms. The van der Waals surface area contributed by atoms with Gasteiger partial charge in [-0.2, -0.15) is 4.98 Å². The standard InChI is InChI=1S/C21H18N4O4S/c1-13-22-19(29-25-13)14-3-5-15(6-4-14)20(26)28-11-17-12-30-21(24-17)23-16-7-9-18(27-2)10-8-16/h3-10,12H,11H2,1-2H3,(H,23,24). The molecule has 2 aromatic carbocycles. The number of rotatable bonds is 7. The third-order valence-electron chi connectivity index (χ3n) is 4.14. The quantitative estimate of drug-likeness (QED) is 0.431. The van der Waals surface area contributed by atoms with E-state index in [4.69, 9.17) is 14.0 Å². The number of benzene rings is 2. The number of nitrogens with zero attached hydrogens (tertiary/aromatic N) is 3. The van der Waals surface area contributed by atoms with Gasteiger partial charge in [-0.05, 0) is 55.5 Å². The molecule has 4 rings (SSSR count). The summed E-state index contributed by atoms with van der Waals surface area (Å²) in [6, 6.07) is 14.3. The van der Waals surface area contributed by atoms with Gasteiger partial charge in [-0.1, -0.05) is 5.16 Å². The number of hydrogen-bond acceptors (Lipinski definition) is 9. The summed E-state index contributed by atoms with van der Waals surface area (Å²) in [7, 11) is 1.62. The number of aryl methyl sites for hydroxylation is 1. The van der Waals surface area contributed by atoms with E-state index >= 15 is 0 Å². The molecular weight excluding hydrogens is 404 g/mol. The van der Waals surface area contributed by atoms with Crippen LogP contribution in [0.1, 0.15) is 21.9 Å². The Labute approximate surface area is 176 Å². The number of thiazole rings is 1. The summed E-state index contributed by atoms with van der Waals surface area (Å²) in [6.07, 6.45) is 0. The summed E-state index contributed by atoms with van der Waals surface area (Å²) in [5.41, 5.74) is 2.73. The van der Waals surface area contributed by atoms with Crippen molar-refractivity contribution in [2.24, 2.45) is 0 Å². The molecule has 0 amide bonds. The van der Waals surface area contributed by atoms with Crippen molar-refractivity contribution >= 4 is 28.1 Å². The van der Waals surface area contributed by atoms with Crippen LogP contribution in [0.3, 0.4) is 0 Å². The Morgan fingerprint density at radius 3 is 2.53 bits per heavy atom. The summed E-state index contributed by atoms with van der Waals surface area (Å²) in [6.45, 7) is 1.83. The molecule has 0 saturated heterocycles. The summed E-state index contributed by atoms with van der Waals surface area (Å²) >= 11 is 1.44. The molecule has 2 aromatic heterocycles.